The first kappa shape index (κ1) is 20.5. The Kier molecular flexibility index (Phi) is 5.61. The van der Waals surface area contributed by atoms with Crippen LogP contribution in [-0.2, 0) is 9.84 Å². The third-order valence-electron chi connectivity index (χ3n) is 4.86. The van der Waals surface area contributed by atoms with Crippen LogP contribution in [0, 0.1) is 0 Å². The fraction of sp³-hybridized carbons (Fsp3) is 0.300. The molecule has 2 N–H and O–H groups in total. The SMILES string of the molecule is COc1ccc(NC(=O)c2ccc(NC3=NC4CS(=O)(=O)CC4S3)cc2)cc1OC. The van der Waals surface area contributed by atoms with E-state index >= 15 is 0 Å². The van der Waals surface area contributed by atoms with Crippen LogP contribution in [0.1, 0.15) is 10.4 Å². The Hall–Kier alpha value is -2.72. The normalized spacial score (nSPS) is 21.5. The predicted molar refractivity (Wildman–Crippen MR) is 119 cm³/mol. The first-order valence-corrected chi connectivity index (χ1v) is 11.9. The number of ether oxygens (including phenoxy) is 2. The van der Waals surface area contributed by atoms with Crippen LogP contribution >= 0.6 is 11.8 Å². The van der Waals surface area contributed by atoms with Gasteiger partial charge in [0.15, 0.2) is 26.5 Å². The second kappa shape index (κ2) is 8.19. The van der Waals surface area contributed by atoms with Gasteiger partial charge in [-0.2, -0.15) is 0 Å². The maximum Gasteiger partial charge on any atom is 0.255 e. The van der Waals surface area contributed by atoms with E-state index in [1.54, 1.807) is 49.6 Å². The minimum absolute atomic E-state index is 0.0101. The van der Waals surface area contributed by atoms with Gasteiger partial charge >= 0.3 is 0 Å². The molecule has 4 rings (SSSR count). The topological polar surface area (TPSA) is 106 Å². The molecule has 158 valence electrons. The number of amides is 1. The highest BCUT2D eigenvalue weighted by Gasteiger charge is 2.42. The van der Waals surface area contributed by atoms with Gasteiger partial charge < -0.3 is 20.1 Å². The zero-order valence-electron chi connectivity index (χ0n) is 16.4. The summed E-state index contributed by atoms with van der Waals surface area (Å²) in [6.07, 6.45) is 0. The van der Waals surface area contributed by atoms with Crippen molar-refractivity contribution in [3.05, 3.63) is 48.0 Å². The lowest BCUT2D eigenvalue weighted by Crippen LogP contribution is -2.13. The number of carbonyl (C=O) groups is 1. The summed E-state index contributed by atoms with van der Waals surface area (Å²) in [5, 5.41) is 6.73. The van der Waals surface area contributed by atoms with Crippen LogP contribution in [0.5, 0.6) is 11.5 Å². The van der Waals surface area contributed by atoms with Crippen molar-refractivity contribution in [3.63, 3.8) is 0 Å². The Morgan fingerprint density at radius 1 is 1.03 bits per heavy atom. The Labute approximate surface area is 179 Å². The molecule has 2 aromatic carbocycles. The molecule has 0 aromatic heterocycles. The molecule has 0 aliphatic carbocycles. The van der Waals surface area contributed by atoms with E-state index in [-0.39, 0.29) is 28.7 Å². The van der Waals surface area contributed by atoms with E-state index in [1.807, 2.05) is 0 Å². The minimum Gasteiger partial charge on any atom is -0.493 e. The summed E-state index contributed by atoms with van der Waals surface area (Å²) < 4.78 is 33.8. The number of fused-ring (bicyclic) bond motifs is 1. The molecule has 1 saturated heterocycles. The van der Waals surface area contributed by atoms with E-state index in [2.05, 4.69) is 15.6 Å². The summed E-state index contributed by atoms with van der Waals surface area (Å²) in [5.41, 5.74) is 1.88. The maximum atomic E-state index is 12.5. The predicted octanol–water partition coefficient (Wildman–Crippen LogP) is 2.64. The van der Waals surface area contributed by atoms with E-state index in [1.165, 1.54) is 18.9 Å². The number of hydrogen-bond donors (Lipinski definition) is 2. The van der Waals surface area contributed by atoms with Gasteiger partial charge in [-0.05, 0) is 36.4 Å². The summed E-state index contributed by atoms with van der Waals surface area (Å²) in [5.74, 6) is 1.15. The van der Waals surface area contributed by atoms with E-state index in [4.69, 9.17) is 9.47 Å². The van der Waals surface area contributed by atoms with Gasteiger partial charge in [-0.25, -0.2) is 8.42 Å². The molecule has 2 aliphatic heterocycles. The van der Waals surface area contributed by atoms with Crippen LogP contribution in [0.3, 0.4) is 0 Å². The van der Waals surface area contributed by atoms with Crippen LogP contribution in [0.15, 0.2) is 47.5 Å². The Morgan fingerprint density at radius 2 is 1.73 bits per heavy atom. The Morgan fingerprint density at radius 3 is 2.40 bits per heavy atom. The first-order valence-electron chi connectivity index (χ1n) is 9.22. The van der Waals surface area contributed by atoms with Gasteiger partial charge in [-0.3, -0.25) is 9.79 Å². The fourth-order valence-corrected chi connectivity index (χ4v) is 7.04. The third-order valence-corrected chi connectivity index (χ3v) is 8.00. The minimum atomic E-state index is -2.97. The van der Waals surface area contributed by atoms with Crippen molar-refractivity contribution < 1.29 is 22.7 Å². The molecule has 2 atom stereocenters. The molecular weight excluding hydrogens is 426 g/mol. The molecular formula is C20H21N3O5S2. The molecule has 0 radical (unpaired) electrons. The number of methoxy groups -OCH3 is 2. The highest BCUT2D eigenvalue weighted by molar-refractivity contribution is 8.15. The van der Waals surface area contributed by atoms with Crippen molar-refractivity contribution in [3.8, 4) is 11.5 Å². The summed E-state index contributed by atoms with van der Waals surface area (Å²) in [6.45, 7) is 0. The van der Waals surface area contributed by atoms with E-state index < -0.39 is 9.84 Å². The molecule has 2 heterocycles. The summed E-state index contributed by atoms with van der Waals surface area (Å²) >= 11 is 1.46. The van der Waals surface area contributed by atoms with Crippen molar-refractivity contribution in [1.29, 1.82) is 0 Å². The number of carbonyl (C=O) groups excluding carboxylic acids is 1. The van der Waals surface area contributed by atoms with Crippen LogP contribution in [0.2, 0.25) is 0 Å². The third kappa shape index (κ3) is 4.39. The number of amidine groups is 1. The van der Waals surface area contributed by atoms with Gasteiger partial charge in [0, 0.05) is 28.3 Å². The van der Waals surface area contributed by atoms with Crippen molar-refractivity contribution in [1.82, 2.24) is 0 Å². The lowest BCUT2D eigenvalue weighted by Gasteiger charge is -2.11. The van der Waals surface area contributed by atoms with Crippen molar-refractivity contribution in [2.24, 2.45) is 4.99 Å². The number of anilines is 2. The van der Waals surface area contributed by atoms with Crippen LogP contribution in [-0.4, -0.2) is 56.5 Å². The number of nitrogens with one attached hydrogen (secondary N) is 2. The summed E-state index contributed by atoms with van der Waals surface area (Å²) in [4.78, 5) is 17.0. The average Bonchev–Trinajstić information content (AvgIpc) is 3.20. The molecule has 0 spiro atoms. The lowest BCUT2D eigenvalue weighted by atomic mass is 10.2. The number of benzene rings is 2. The highest BCUT2D eigenvalue weighted by Crippen LogP contribution is 2.34. The van der Waals surface area contributed by atoms with Gasteiger partial charge in [0.05, 0.1) is 31.8 Å². The Balaban J connectivity index is 1.38. The molecule has 1 fully saturated rings. The monoisotopic (exact) mass is 447 g/mol. The van der Waals surface area contributed by atoms with Crippen LogP contribution in [0.25, 0.3) is 0 Å². The average molecular weight is 448 g/mol. The standard InChI is InChI=1S/C20H21N3O5S2/c1-27-16-8-7-14(9-17(16)28-2)21-19(24)12-3-5-13(6-4-12)22-20-23-15-10-30(25,26)11-18(15)29-20/h3-9,15,18H,10-11H2,1-2H3,(H,21,24)(H,22,23). The quantitative estimate of drug-likeness (QED) is 0.726. The summed E-state index contributed by atoms with van der Waals surface area (Å²) in [7, 11) is 0.121. The van der Waals surface area contributed by atoms with Crippen LogP contribution in [0.4, 0.5) is 11.4 Å². The molecule has 10 heteroatoms. The molecule has 0 saturated carbocycles. The number of thioether (sulfide) groups is 1. The first-order chi connectivity index (χ1) is 14.4. The molecule has 2 unspecified atom stereocenters. The molecule has 2 aliphatic rings. The molecule has 1 amide bonds. The molecule has 2 aromatic rings. The maximum absolute atomic E-state index is 12.5. The number of aliphatic imine (C=N–C) groups is 1. The number of sulfone groups is 1. The van der Waals surface area contributed by atoms with Gasteiger partial charge in [0.25, 0.3) is 5.91 Å². The van der Waals surface area contributed by atoms with E-state index in [0.29, 0.717) is 27.9 Å². The zero-order valence-corrected chi connectivity index (χ0v) is 18.0. The fourth-order valence-electron chi connectivity index (χ4n) is 3.36. The number of rotatable bonds is 5. The van der Waals surface area contributed by atoms with Crippen molar-refractivity contribution >= 4 is 44.0 Å². The number of nitrogens with zero attached hydrogens (tertiary/aromatic N) is 1. The Bertz CT molecular complexity index is 1100. The largest absolute Gasteiger partial charge is 0.493 e. The van der Waals surface area contributed by atoms with E-state index in [0.717, 1.165) is 5.69 Å². The number of hydrogen-bond acceptors (Lipinski definition) is 8. The molecule has 8 nitrogen and oxygen atoms in total. The van der Waals surface area contributed by atoms with Gasteiger partial charge in [-0.15, -0.1) is 0 Å². The lowest BCUT2D eigenvalue weighted by molar-refractivity contribution is 0.102. The van der Waals surface area contributed by atoms with Crippen molar-refractivity contribution in [2.45, 2.75) is 11.3 Å². The smallest absolute Gasteiger partial charge is 0.255 e. The zero-order chi connectivity index (χ0) is 21.3. The van der Waals surface area contributed by atoms with Gasteiger partial charge in [0.2, 0.25) is 0 Å². The van der Waals surface area contributed by atoms with E-state index in [9.17, 15) is 13.2 Å². The van der Waals surface area contributed by atoms with Gasteiger partial charge in [-0.1, -0.05) is 11.8 Å². The molecule has 30 heavy (non-hydrogen) atoms. The van der Waals surface area contributed by atoms with Crippen LogP contribution < -0.4 is 20.1 Å². The molecule has 0 bridgehead atoms. The second-order valence-electron chi connectivity index (χ2n) is 6.96. The summed E-state index contributed by atoms with van der Waals surface area (Å²) in [6, 6.07) is 12.0. The van der Waals surface area contributed by atoms with Crippen molar-refractivity contribution in [2.75, 3.05) is 36.4 Å². The highest BCUT2D eigenvalue weighted by atomic mass is 32.2. The van der Waals surface area contributed by atoms with Gasteiger partial charge in [0.1, 0.15) is 0 Å². The second-order valence-corrected chi connectivity index (χ2v) is 10.3.